The monoisotopic (exact) mass is 191 g/mol. The number of rotatable bonds is 4. The summed E-state index contributed by atoms with van der Waals surface area (Å²) in [5, 5.41) is 3.36. The fourth-order valence-electron chi connectivity index (χ4n) is 0.360. The van der Waals surface area contributed by atoms with Gasteiger partial charge in [0.15, 0.2) is 0 Å². The van der Waals surface area contributed by atoms with E-state index in [-0.39, 0.29) is 5.91 Å². The molecule has 0 aliphatic heterocycles. The zero-order chi connectivity index (χ0) is 7.11. The Hall–Kier alpha value is -0.310. The van der Waals surface area contributed by atoms with Crippen LogP contribution in [0.25, 0.3) is 0 Å². The van der Waals surface area contributed by atoms with Crippen LogP contribution < -0.4 is 5.32 Å². The number of hydrogen-bond acceptors (Lipinski definition) is 1. The molecule has 0 saturated heterocycles. The van der Waals surface area contributed by atoms with Gasteiger partial charge in [0.2, 0.25) is 5.91 Å². The molecule has 0 aromatic carbocycles. The molecule has 1 amide bonds. The van der Waals surface area contributed by atoms with Gasteiger partial charge in [0.25, 0.3) is 0 Å². The lowest BCUT2D eigenvalue weighted by Crippen LogP contribution is -2.22. The standard InChI is InChI=1S/C6H10BrNO/c1-2-5-8-6(9)3-4-7/h2H,1,3-5H2,(H,8,9). The summed E-state index contributed by atoms with van der Waals surface area (Å²) in [4.78, 5) is 10.6. The lowest BCUT2D eigenvalue weighted by Gasteiger charge is -1.96. The Bertz CT molecular complexity index is 103. The Morgan fingerprint density at radius 2 is 2.44 bits per heavy atom. The van der Waals surface area contributed by atoms with Crippen LogP contribution in [0.5, 0.6) is 0 Å². The number of amides is 1. The molecule has 0 aliphatic carbocycles. The molecular formula is C6H10BrNO. The quantitative estimate of drug-likeness (QED) is 0.524. The van der Waals surface area contributed by atoms with Gasteiger partial charge in [0, 0.05) is 18.3 Å². The van der Waals surface area contributed by atoms with Crippen molar-refractivity contribution in [3.63, 3.8) is 0 Å². The number of carbonyl (C=O) groups excluding carboxylic acids is 1. The maximum atomic E-state index is 10.6. The third-order valence-electron chi connectivity index (χ3n) is 0.765. The summed E-state index contributed by atoms with van der Waals surface area (Å²) in [5.41, 5.74) is 0. The van der Waals surface area contributed by atoms with E-state index < -0.39 is 0 Å². The highest BCUT2D eigenvalue weighted by Crippen LogP contribution is 1.85. The molecule has 0 aromatic heterocycles. The molecule has 1 N–H and O–H groups in total. The predicted octanol–water partition coefficient (Wildman–Crippen LogP) is 1.07. The molecule has 0 unspecified atom stereocenters. The zero-order valence-electron chi connectivity index (χ0n) is 5.19. The van der Waals surface area contributed by atoms with Gasteiger partial charge < -0.3 is 5.32 Å². The Labute approximate surface area is 63.5 Å². The first-order valence-electron chi connectivity index (χ1n) is 2.74. The van der Waals surface area contributed by atoms with Crippen LogP contribution in [0, 0.1) is 0 Å². The molecule has 0 rings (SSSR count). The van der Waals surface area contributed by atoms with Crippen LogP contribution in [0.4, 0.5) is 0 Å². The summed E-state index contributed by atoms with van der Waals surface area (Å²) in [7, 11) is 0. The molecular weight excluding hydrogens is 182 g/mol. The van der Waals surface area contributed by atoms with Crippen LogP contribution >= 0.6 is 15.9 Å². The molecule has 0 heterocycles. The highest BCUT2D eigenvalue weighted by molar-refractivity contribution is 9.09. The van der Waals surface area contributed by atoms with E-state index in [2.05, 4.69) is 27.8 Å². The highest BCUT2D eigenvalue weighted by Gasteiger charge is 1.94. The number of halogens is 1. The largest absolute Gasteiger partial charge is 0.353 e. The maximum absolute atomic E-state index is 10.6. The van der Waals surface area contributed by atoms with Crippen LogP contribution in [0.15, 0.2) is 12.7 Å². The minimum Gasteiger partial charge on any atom is -0.353 e. The van der Waals surface area contributed by atoms with Crippen molar-refractivity contribution in [2.45, 2.75) is 6.42 Å². The van der Waals surface area contributed by atoms with Crippen LogP contribution in [0.2, 0.25) is 0 Å². The van der Waals surface area contributed by atoms with E-state index >= 15 is 0 Å². The van der Waals surface area contributed by atoms with E-state index in [1.165, 1.54) is 0 Å². The van der Waals surface area contributed by atoms with Gasteiger partial charge in [-0.05, 0) is 0 Å². The second-order valence-corrected chi connectivity index (χ2v) is 2.32. The summed E-state index contributed by atoms with van der Waals surface area (Å²) in [6, 6.07) is 0. The molecule has 9 heavy (non-hydrogen) atoms. The predicted molar refractivity (Wildman–Crippen MR) is 41.6 cm³/mol. The van der Waals surface area contributed by atoms with Crippen LogP contribution in [-0.2, 0) is 4.79 Å². The first-order valence-corrected chi connectivity index (χ1v) is 3.87. The van der Waals surface area contributed by atoms with Gasteiger partial charge in [0.05, 0.1) is 0 Å². The van der Waals surface area contributed by atoms with Gasteiger partial charge in [-0.15, -0.1) is 6.58 Å². The second-order valence-electron chi connectivity index (χ2n) is 1.53. The average Bonchev–Trinajstić information content (AvgIpc) is 1.85. The number of nitrogens with one attached hydrogen (secondary N) is 1. The summed E-state index contributed by atoms with van der Waals surface area (Å²) in [6.45, 7) is 4.03. The molecule has 0 bridgehead atoms. The van der Waals surface area contributed by atoms with Crippen LogP contribution in [0.1, 0.15) is 6.42 Å². The Balaban J connectivity index is 3.16. The lowest BCUT2D eigenvalue weighted by atomic mass is 10.4. The van der Waals surface area contributed by atoms with Crippen molar-refractivity contribution < 1.29 is 4.79 Å². The van der Waals surface area contributed by atoms with E-state index in [0.717, 1.165) is 5.33 Å². The molecule has 0 spiro atoms. The van der Waals surface area contributed by atoms with Gasteiger partial charge in [0.1, 0.15) is 0 Å². The average molecular weight is 192 g/mol. The molecule has 0 radical (unpaired) electrons. The topological polar surface area (TPSA) is 29.1 Å². The molecule has 0 saturated carbocycles. The minimum absolute atomic E-state index is 0.0618. The lowest BCUT2D eigenvalue weighted by molar-refractivity contribution is -0.120. The number of carbonyl (C=O) groups is 1. The second kappa shape index (κ2) is 5.82. The van der Waals surface area contributed by atoms with Crippen molar-refractivity contribution in [2.75, 3.05) is 11.9 Å². The van der Waals surface area contributed by atoms with Crippen molar-refractivity contribution in [2.24, 2.45) is 0 Å². The molecule has 0 aliphatic rings. The maximum Gasteiger partial charge on any atom is 0.221 e. The third kappa shape index (κ3) is 5.56. The number of hydrogen-bond donors (Lipinski definition) is 1. The summed E-state index contributed by atoms with van der Waals surface area (Å²) >= 11 is 3.16. The van der Waals surface area contributed by atoms with E-state index in [9.17, 15) is 4.79 Å². The number of alkyl halides is 1. The van der Waals surface area contributed by atoms with E-state index in [4.69, 9.17) is 0 Å². The molecule has 0 atom stereocenters. The summed E-state index contributed by atoms with van der Waals surface area (Å²) < 4.78 is 0. The van der Waals surface area contributed by atoms with Crippen molar-refractivity contribution in [1.29, 1.82) is 0 Å². The first kappa shape index (κ1) is 8.69. The van der Waals surface area contributed by atoms with E-state index in [1.54, 1.807) is 6.08 Å². The fourth-order valence-corrected chi connectivity index (χ4v) is 0.720. The van der Waals surface area contributed by atoms with Gasteiger partial charge in [-0.1, -0.05) is 22.0 Å². The Morgan fingerprint density at radius 3 is 2.89 bits per heavy atom. The van der Waals surface area contributed by atoms with Crippen molar-refractivity contribution in [1.82, 2.24) is 5.32 Å². The highest BCUT2D eigenvalue weighted by atomic mass is 79.9. The zero-order valence-corrected chi connectivity index (χ0v) is 6.78. The van der Waals surface area contributed by atoms with Crippen LogP contribution in [0.3, 0.4) is 0 Å². The third-order valence-corrected chi connectivity index (χ3v) is 1.16. The molecule has 2 nitrogen and oxygen atoms in total. The Kier molecular flexibility index (Phi) is 5.62. The molecule has 0 aromatic rings. The van der Waals surface area contributed by atoms with Gasteiger partial charge in [-0.25, -0.2) is 0 Å². The fraction of sp³-hybridized carbons (Fsp3) is 0.500. The molecule has 0 fully saturated rings. The summed E-state index contributed by atoms with van der Waals surface area (Å²) in [5.74, 6) is 0.0618. The summed E-state index contributed by atoms with van der Waals surface area (Å²) in [6.07, 6.45) is 2.19. The van der Waals surface area contributed by atoms with Gasteiger partial charge >= 0.3 is 0 Å². The van der Waals surface area contributed by atoms with Crippen molar-refractivity contribution in [3.8, 4) is 0 Å². The van der Waals surface area contributed by atoms with Gasteiger partial charge in [-0.2, -0.15) is 0 Å². The van der Waals surface area contributed by atoms with Crippen LogP contribution in [-0.4, -0.2) is 17.8 Å². The van der Waals surface area contributed by atoms with Crippen molar-refractivity contribution >= 4 is 21.8 Å². The first-order chi connectivity index (χ1) is 4.31. The minimum atomic E-state index is 0.0618. The normalized spacial score (nSPS) is 8.56. The van der Waals surface area contributed by atoms with Gasteiger partial charge in [-0.3, -0.25) is 4.79 Å². The Morgan fingerprint density at radius 1 is 1.78 bits per heavy atom. The molecule has 52 valence electrons. The SMILES string of the molecule is C=CCNC(=O)CCBr. The molecule has 3 heteroatoms. The van der Waals surface area contributed by atoms with Crippen molar-refractivity contribution in [3.05, 3.63) is 12.7 Å². The van der Waals surface area contributed by atoms with E-state index in [1.807, 2.05) is 0 Å². The van der Waals surface area contributed by atoms with E-state index in [0.29, 0.717) is 13.0 Å². The smallest absolute Gasteiger partial charge is 0.221 e.